The third-order valence-corrected chi connectivity index (χ3v) is 5.18. The lowest BCUT2D eigenvalue weighted by Crippen LogP contribution is -2.28. The molecule has 1 aliphatic rings. The van der Waals surface area contributed by atoms with E-state index in [1.54, 1.807) is 4.90 Å². The molecule has 0 aromatic heterocycles. The molecule has 0 aliphatic carbocycles. The molecule has 1 saturated heterocycles. The standard InChI is InChI=1S/C18H23BrN2O3S/c1-5-20-18-21(6-2)17(22)16(25-18)10-12-9-14(23-7-3)15(24-8-4)11-13(12)19/h9-11H,5-8H2,1-4H3/b16-10+,20-18?. The Morgan fingerprint density at radius 3 is 2.36 bits per heavy atom. The third-order valence-electron chi connectivity index (χ3n) is 3.45. The summed E-state index contributed by atoms with van der Waals surface area (Å²) < 4.78 is 12.2. The normalized spacial score (nSPS) is 17.6. The molecule has 2 rings (SSSR count). The van der Waals surface area contributed by atoms with Crippen molar-refractivity contribution in [2.45, 2.75) is 27.7 Å². The quantitative estimate of drug-likeness (QED) is 0.599. The number of amides is 1. The molecule has 5 nitrogen and oxygen atoms in total. The molecule has 1 aliphatic heterocycles. The number of benzene rings is 1. The number of amidine groups is 1. The molecule has 0 radical (unpaired) electrons. The highest BCUT2D eigenvalue weighted by Crippen LogP contribution is 2.38. The summed E-state index contributed by atoms with van der Waals surface area (Å²) in [4.78, 5) is 19.4. The lowest BCUT2D eigenvalue weighted by Gasteiger charge is -2.13. The fraction of sp³-hybridized carbons (Fsp3) is 0.444. The topological polar surface area (TPSA) is 51.1 Å². The van der Waals surface area contributed by atoms with Gasteiger partial charge in [-0.05, 0) is 63.2 Å². The van der Waals surface area contributed by atoms with Gasteiger partial charge < -0.3 is 9.47 Å². The van der Waals surface area contributed by atoms with Crippen molar-refractivity contribution in [3.8, 4) is 11.5 Å². The van der Waals surface area contributed by atoms with E-state index in [9.17, 15) is 4.79 Å². The second-order valence-corrected chi connectivity index (χ2v) is 6.97. The molecule has 1 aromatic rings. The molecule has 1 heterocycles. The lowest BCUT2D eigenvalue weighted by molar-refractivity contribution is -0.122. The van der Waals surface area contributed by atoms with Crippen LogP contribution >= 0.6 is 27.7 Å². The molecule has 0 saturated carbocycles. The van der Waals surface area contributed by atoms with E-state index >= 15 is 0 Å². The number of hydrogen-bond acceptors (Lipinski definition) is 5. The van der Waals surface area contributed by atoms with Crippen LogP contribution in [0.3, 0.4) is 0 Å². The number of halogens is 1. The van der Waals surface area contributed by atoms with Gasteiger partial charge >= 0.3 is 0 Å². The van der Waals surface area contributed by atoms with Crippen molar-refractivity contribution in [3.63, 3.8) is 0 Å². The Morgan fingerprint density at radius 2 is 1.80 bits per heavy atom. The van der Waals surface area contributed by atoms with Crippen LogP contribution in [0.1, 0.15) is 33.3 Å². The molecule has 7 heteroatoms. The van der Waals surface area contributed by atoms with Crippen LogP contribution in [0, 0.1) is 0 Å². The zero-order chi connectivity index (χ0) is 18.4. The Kier molecular flexibility index (Phi) is 7.38. The largest absolute Gasteiger partial charge is 0.490 e. The summed E-state index contributed by atoms with van der Waals surface area (Å²) in [5.41, 5.74) is 0.872. The minimum Gasteiger partial charge on any atom is -0.490 e. The molecular formula is C18H23BrN2O3S. The molecular weight excluding hydrogens is 404 g/mol. The van der Waals surface area contributed by atoms with E-state index in [0.29, 0.717) is 42.7 Å². The van der Waals surface area contributed by atoms with Gasteiger partial charge in [0.2, 0.25) is 0 Å². The van der Waals surface area contributed by atoms with Crippen LogP contribution in [-0.4, -0.2) is 42.3 Å². The smallest absolute Gasteiger partial charge is 0.266 e. The molecule has 1 aromatic carbocycles. The van der Waals surface area contributed by atoms with E-state index in [2.05, 4.69) is 20.9 Å². The van der Waals surface area contributed by atoms with Gasteiger partial charge in [0.05, 0.1) is 18.1 Å². The SMILES string of the molecule is CCN=C1S/C(=C/c2cc(OCC)c(OCC)cc2Br)C(=O)N1CC. The van der Waals surface area contributed by atoms with Gasteiger partial charge in [-0.15, -0.1) is 0 Å². The van der Waals surface area contributed by atoms with E-state index in [0.717, 1.165) is 15.2 Å². The highest BCUT2D eigenvalue weighted by atomic mass is 79.9. The first-order chi connectivity index (χ1) is 12.0. The van der Waals surface area contributed by atoms with Gasteiger partial charge in [-0.25, -0.2) is 0 Å². The number of nitrogens with zero attached hydrogens (tertiary/aromatic N) is 2. The Labute approximate surface area is 161 Å². The van der Waals surface area contributed by atoms with Crippen molar-refractivity contribution in [2.24, 2.45) is 4.99 Å². The van der Waals surface area contributed by atoms with E-state index in [1.165, 1.54) is 11.8 Å². The Morgan fingerprint density at radius 1 is 1.16 bits per heavy atom. The first kappa shape index (κ1) is 19.8. The average Bonchev–Trinajstić information content (AvgIpc) is 2.87. The van der Waals surface area contributed by atoms with E-state index in [-0.39, 0.29) is 5.91 Å². The van der Waals surface area contributed by atoms with Crippen molar-refractivity contribution in [3.05, 3.63) is 27.1 Å². The maximum Gasteiger partial charge on any atom is 0.266 e. The molecule has 25 heavy (non-hydrogen) atoms. The maximum absolute atomic E-state index is 12.6. The molecule has 0 spiro atoms. The number of aliphatic imine (C=N–C) groups is 1. The van der Waals surface area contributed by atoms with Gasteiger partial charge in [0.25, 0.3) is 5.91 Å². The zero-order valence-corrected chi connectivity index (χ0v) is 17.4. The maximum atomic E-state index is 12.6. The molecule has 136 valence electrons. The van der Waals surface area contributed by atoms with E-state index < -0.39 is 0 Å². The average molecular weight is 427 g/mol. The second kappa shape index (κ2) is 9.29. The summed E-state index contributed by atoms with van der Waals surface area (Å²) in [6, 6.07) is 3.77. The number of hydrogen-bond donors (Lipinski definition) is 0. The van der Waals surface area contributed by atoms with E-state index in [4.69, 9.17) is 9.47 Å². The van der Waals surface area contributed by atoms with Crippen LogP contribution in [0.15, 0.2) is 26.5 Å². The lowest BCUT2D eigenvalue weighted by atomic mass is 10.2. The predicted octanol–water partition coefficient (Wildman–Crippen LogP) is 4.56. The van der Waals surface area contributed by atoms with Crippen LogP contribution in [-0.2, 0) is 4.79 Å². The Bertz CT molecular complexity index is 704. The summed E-state index contributed by atoms with van der Waals surface area (Å²) in [7, 11) is 0. The summed E-state index contributed by atoms with van der Waals surface area (Å²) in [6.07, 6.45) is 1.87. The highest BCUT2D eigenvalue weighted by molar-refractivity contribution is 9.10. The number of carbonyl (C=O) groups excluding carboxylic acids is 1. The third kappa shape index (κ3) is 4.58. The molecule has 0 atom stereocenters. The highest BCUT2D eigenvalue weighted by Gasteiger charge is 2.32. The van der Waals surface area contributed by atoms with Gasteiger partial charge in [0, 0.05) is 17.6 Å². The fourth-order valence-corrected chi connectivity index (χ4v) is 3.91. The Balaban J connectivity index is 2.41. The molecule has 1 amide bonds. The predicted molar refractivity (Wildman–Crippen MR) is 107 cm³/mol. The number of rotatable bonds is 7. The van der Waals surface area contributed by atoms with Crippen molar-refractivity contribution in [1.82, 2.24) is 4.90 Å². The number of likely N-dealkylation sites (N-methyl/N-ethyl adjacent to an activating group) is 1. The molecule has 0 unspecified atom stereocenters. The second-order valence-electron chi connectivity index (χ2n) is 5.10. The van der Waals surface area contributed by atoms with Crippen LogP contribution < -0.4 is 9.47 Å². The van der Waals surface area contributed by atoms with Crippen LogP contribution in [0.4, 0.5) is 0 Å². The van der Waals surface area contributed by atoms with Gasteiger partial charge in [-0.1, -0.05) is 15.9 Å². The first-order valence-corrected chi connectivity index (χ1v) is 10.0. The fourth-order valence-electron chi connectivity index (χ4n) is 2.38. The van der Waals surface area contributed by atoms with Crippen LogP contribution in [0.2, 0.25) is 0 Å². The monoisotopic (exact) mass is 426 g/mol. The number of thioether (sulfide) groups is 1. The van der Waals surface area contributed by atoms with Crippen molar-refractivity contribution in [2.75, 3.05) is 26.3 Å². The molecule has 0 N–H and O–H groups in total. The van der Waals surface area contributed by atoms with Gasteiger partial charge in [-0.2, -0.15) is 0 Å². The van der Waals surface area contributed by atoms with Gasteiger partial charge in [0.1, 0.15) is 0 Å². The minimum atomic E-state index is -0.0153. The first-order valence-electron chi connectivity index (χ1n) is 8.40. The van der Waals surface area contributed by atoms with Crippen LogP contribution in [0.5, 0.6) is 11.5 Å². The summed E-state index contributed by atoms with van der Waals surface area (Å²) in [5.74, 6) is 1.34. The van der Waals surface area contributed by atoms with Gasteiger partial charge in [0.15, 0.2) is 16.7 Å². The van der Waals surface area contributed by atoms with Crippen molar-refractivity contribution < 1.29 is 14.3 Å². The number of ether oxygens (including phenoxy) is 2. The number of carbonyl (C=O) groups is 1. The van der Waals surface area contributed by atoms with E-state index in [1.807, 2.05) is 45.9 Å². The summed E-state index contributed by atoms with van der Waals surface area (Å²) in [6.45, 7) is 10.1. The van der Waals surface area contributed by atoms with Gasteiger partial charge in [-0.3, -0.25) is 14.7 Å². The van der Waals surface area contributed by atoms with Crippen molar-refractivity contribution >= 4 is 44.8 Å². The summed E-state index contributed by atoms with van der Waals surface area (Å²) in [5, 5.41) is 0.758. The minimum absolute atomic E-state index is 0.0153. The molecule has 0 bridgehead atoms. The zero-order valence-electron chi connectivity index (χ0n) is 15.0. The van der Waals surface area contributed by atoms with Crippen molar-refractivity contribution in [1.29, 1.82) is 0 Å². The Hall–Kier alpha value is -1.47. The molecule has 1 fully saturated rings. The summed E-state index contributed by atoms with van der Waals surface area (Å²) >= 11 is 4.97. The van der Waals surface area contributed by atoms with Crippen LogP contribution in [0.25, 0.3) is 6.08 Å².